The molecule has 134 valence electrons. The van der Waals surface area contributed by atoms with Crippen molar-refractivity contribution in [2.24, 2.45) is 0 Å². The molecule has 7 nitrogen and oxygen atoms in total. The molecule has 0 bridgehead atoms. The average molecular weight is 337 g/mol. The number of hydrogen-bond donors (Lipinski definition) is 1. The van der Waals surface area contributed by atoms with Crippen molar-refractivity contribution in [1.29, 1.82) is 0 Å². The summed E-state index contributed by atoms with van der Waals surface area (Å²) in [5.41, 5.74) is 1.10. The molecule has 1 rings (SSSR count). The van der Waals surface area contributed by atoms with Crippen LogP contribution in [0, 0.1) is 0 Å². The summed E-state index contributed by atoms with van der Waals surface area (Å²) in [6.45, 7) is 1.05. The van der Waals surface area contributed by atoms with Gasteiger partial charge in [-0.2, -0.15) is 0 Å². The summed E-state index contributed by atoms with van der Waals surface area (Å²) >= 11 is 0. The molecule has 0 saturated carbocycles. The van der Waals surface area contributed by atoms with Gasteiger partial charge < -0.3 is 19.7 Å². The fraction of sp³-hybridized carbons (Fsp3) is 0.529. The highest BCUT2D eigenvalue weighted by molar-refractivity contribution is 5.85. The molecule has 0 aromatic heterocycles. The maximum atomic E-state index is 12.1. The number of carbonyl (C=O) groups excluding carboxylic acids is 2. The Morgan fingerprint density at radius 1 is 1.08 bits per heavy atom. The van der Waals surface area contributed by atoms with E-state index in [2.05, 4.69) is 5.32 Å². The van der Waals surface area contributed by atoms with Crippen LogP contribution in [0.4, 0.5) is 0 Å². The first-order valence-corrected chi connectivity index (χ1v) is 7.75. The number of nitrogens with one attached hydrogen (secondary N) is 1. The Bertz CT molecular complexity index is 563. The lowest BCUT2D eigenvalue weighted by molar-refractivity contribution is -0.135. The van der Waals surface area contributed by atoms with E-state index in [1.807, 2.05) is 30.1 Å². The highest BCUT2D eigenvalue weighted by Gasteiger charge is 2.14. The van der Waals surface area contributed by atoms with Crippen molar-refractivity contribution >= 4 is 11.8 Å². The molecule has 0 aliphatic heterocycles. The van der Waals surface area contributed by atoms with Crippen LogP contribution in [0.1, 0.15) is 5.56 Å². The Balaban J connectivity index is 2.49. The van der Waals surface area contributed by atoms with Gasteiger partial charge in [0.05, 0.1) is 27.3 Å². The summed E-state index contributed by atoms with van der Waals surface area (Å²) in [7, 11) is 8.27. The molecule has 0 saturated heterocycles. The summed E-state index contributed by atoms with van der Waals surface area (Å²) in [6, 6.07) is 5.79. The zero-order chi connectivity index (χ0) is 18.1. The van der Waals surface area contributed by atoms with E-state index in [9.17, 15) is 9.59 Å². The normalized spacial score (nSPS) is 10.4. The highest BCUT2D eigenvalue weighted by Crippen LogP contribution is 2.27. The number of rotatable bonds is 9. The van der Waals surface area contributed by atoms with Crippen molar-refractivity contribution in [3.63, 3.8) is 0 Å². The fourth-order valence-corrected chi connectivity index (χ4v) is 2.17. The molecule has 0 fully saturated rings. The van der Waals surface area contributed by atoms with Crippen LogP contribution in [0.5, 0.6) is 11.5 Å². The molecule has 1 aromatic rings. The van der Waals surface area contributed by atoms with Crippen molar-refractivity contribution < 1.29 is 19.1 Å². The van der Waals surface area contributed by atoms with Gasteiger partial charge in [0.1, 0.15) is 0 Å². The Morgan fingerprint density at radius 2 is 1.75 bits per heavy atom. The first kappa shape index (κ1) is 19.8. The smallest absolute Gasteiger partial charge is 0.239 e. The molecular weight excluding hydrogens is 310 g/mol. The van der Waals surface area contributed by atoms with E-state index in [0.29, 0.717) is 11.5 Å². The van der Waals surface area contributed by atoms with Gasteiger partial charge in [0.25, 0.3) is 0 Å². The van der Waals surface area contributed by atoms with Crippen molar-refractivity contribution in [3.05, 3.63) is 23.8 Å². The Kier molecular flexibility index (Phi) is 8.05. The van der Waals surface area contributed by atoms with Crippen molar-refractivity contribution in [3.8, 4) is 11.5 Å². The minimum Gasteiger partial charge on any atom is -0.493 e. The molecule has 0 spiro atoms. The maximum Gasteiger partial charge on any atom is 0.239 e. The van der Waals surface area contributed by atoms with Crippen LogP contribution in [0.25, 0.3) is 0 Å². The van der Waals surface area contributed by atoms with Gasteiger partial charge in [0.2, 0.25) is 11.8 Å². The van der Waals surface area contributed by atoms with Crippen LogP contribution in [-0.2, 0) is 16.0 Å². The minimum absolute atomic E-state index is 0.0683. The maximum absolute atomic E-state index is 12.1. The van der Waals surface area contributed by atoms with Gasteiger partial charge in [-0.15, -0.1) is 0 Å². The number of ether oxygens (including phenoxy) is 2. The minimum atomic E-state index is -0.182. The molecule has 1 N–H and O–H groups in total. The van der Waals surface area contributed by atoms with Crippen molar-refractivity contribution in [2.45, 2.75) is 6.42 Å². The molecule has 0 aliphatic rings. The first-order chi connectivity index (χ1) is 11.4. The largest absolute Gasteiger partial charge is 0.493 e. The van der Waals surface area contributed by atoms with Crippen LogP contribution in [0.15, 0.2) is 18.2 Å². The van der Waals surface area contributed by atoms with Crippen LogP contribution in [0.3, 0.4) is 0 Å². The third-order valence-electron chi connectivity index (χ3n) is 3.72. The lowest BCUT2D eigenvalue weighted by Crippen LogP contribution is -2.42. The fourth-order valence-electron chi connectivity index (χ4n) is 2.17. The van der Waals surface area contributed by atoms with Crippen molar-refractivity contribution in [2.75, 3.05) is 55.0 Å². The molecule has 7 heteroatoms. The lowest BCUT2D eigenvalue weighted by atomic mass is 10.1. The molecule has 0 atom stereocenters. The number of benzene rings is 1. The third kappa shape index (κ3) is 6.08. The number of nitrogens with zero attached hydrogens (tertiary/aromatic N) is 2. The van der Waals surface area contributed by atoms with Gasteiger partial charge in [-0.3, -0.25) is 14.5 Å². The quantitative estimate of drug-likeness (QED) is 0.705. The standard InChI is InChI=1S/C17H27N3O4/c1-18-16(21)11-20(3)17(22)12-19(2)9-8-13-6-7-14(23-4)15(10-13)24-5/h6-7,10H,8-9,11-12H2,1-5H3,(H,18,21). The monoisotopic (exact) mass is 337 g/mol. The number of carbonyl (C=O) groups is 2. The second kappa shape index (κ2) is 9.77. The zero-order valence-electron chi connectivity index (χ0n) is 15.1. The van der Waals surface area contributed by atoms with Crippen LogP contribution < -0.4 is 14.8 Å². The molecule has 0 unspecified atom stereocenters. The number of likely N-dealkylation sites (N-methyl/N-ethyl adjacent to an activating group) is 3. The zero-order valence-corrected chi connectivity index (χ0v) is 15.1. The van der Waals surface area contributed by atoms with Gasteiger partial charge in [0.15, 0.2) is 11.5 Å². The van der Waals surface area contributed by atoms with E-state index >= 15 is 0 Å². The molecule has 2 amide bonds. The van der Waals surface area contributed by atoms with Crippen LogP contribution in [-0.4, -0.2) is 76.6 Å². The van der Waals surface area contributed by atoms with E-state index in [1.165, 1.54) is 4.90 Å². The Hall–Kier alpha value is -2.28. The molecule has 24 heavy (non-hydrogen) atoms. The second-order valence-corrected chi connectivity index (χ2v) is 5.60. The van der Waals surface area contributed by atoms with Gasteiger partial charge >= 0.3 is 0 Å². The van der Waals surface area contributed by atoms with Crippen LogP contribution in [0.2, 0.25) is 0 Å². The molecular formula is C17H27N3O4. The van der Waals surface area contributed by atoms with E-state index in [4.69, 9.17) is 9.47 Å². The molecule has 0 aliphatic carbocycles. The summed E-state index contributed by atoms with van der Waals surface area (Å²) < 4.78 is 10.5. The molecule has 1 aromatic carbocycles. The predicted molar refractivity (Wildman–Crippen MR) is 92.5 cm³/mol. The third-order valence-corrected chi connectivity index (χ3v) is 3.72. The van der Waals surface area contributed by atoms with E-state index in [1.54, 1.807) is 28.3 Å². The summed E-state index contributed by atoms with van der Waals surface area (Å²) in [4.78, 5) is 26.7. The van der Waals surface area contributed by atoms with E-state index in [-0.39, 0.29) is 24.9 Å². The summed E-state index contributed by atoms with van der Waals surface area (Å²) in [6.07, 6.45) is 0.781. The Labute approximate surface area is 143 Å². The van der Waals surface area contributed by atoms with E-state index in [0.717, 1.165) is 18.5 Å². The molecule has 0 heterocycles. The second-order valence-electron chi connectivity index (χ2n) is 5.60. The number of hydrogen-bond acceptors (Lipinski definition) is 5. The summed E-state index contributed by atoms with van der Waals surface area (Å²) in [5.74, 6) is 1.12. The Morgan fingerprint density at radius 3 is 2.33 bits per heavy atom. The highest BCUT2D eigenvalue weighted by atomic mass is 16.5. The van der Waals surface area contributed by atoms with Crippen molar-refractivity contribution in [1.82, 2.24) is 15.1 Å². The van der Waals surface area contributed by atoms with E-state index < -0.39 is 0 Å². The summed E-state index contributed by atoms with van der Waals surface area (Å²) in [5, 5.41) is 2.50. The average Bonchev–Trinajstić information content (AvgIpc) is 2.59. The number of amides is 2. The lowest BCUT2D eigenvalue weighted by Gasteiger charge is -2.21. The first-order valence-electron chi connectivity index (χ1n) is 7.75. The van der Waals surface area contributed by atoms with Gasteiger partial charge in [-0.25, -0.2) is 0 Å². The van der Waals surface area contributed by atoms with Gasteiger partial charge in [0, 0.05) is 20.6 Å². The van der Waals surface area contributed by atoms with Gasteiger partial charge in [-0.05, 0) is 31.2 Å². The molecule has 0 radical (unpaired) electrons. The number of methoxy groups -OCH3 is 2. The predicted octanol–water partition coefficient (Wildman–Crippen LogP) is 0.383. The SMILES string of the molecule is CNC(=O)CN(C)C(=O)CN(C)CCc1ccc(OC)c(OC)c1. The van der Waals surface area contributed by atoms with Crippen LogP contribution >= 0.6 is 0 Å². The topological polar surface area (TPSA) is 71.1 Å². The van der Waals surface area contributed by atoms with Gasteiger partial charge in [-0.1, -0.05) is 6.07 Å².